The van der Waals surface area contributed by atoms with Gasteiger partial charge in [0.25, 0.3) is 5.91 Å². The maximum Gasteiger partial charge on any atom is 0.267 e. The van der Waals surface area contributed by atoms with E-state index in [1.165, 1.54) is 20.4 Å². The van der Waals surface area contributed by atoms with E-state index in [1.807, 2.05) is 37.3 Å². The summed E-state index contributed by atoms with van der Waals surface area (Å²) in [6, 6.07) is 14.4. The molecule has 0 aliphatic rings. The van der Waals surface area contributed by atoms with Gasteiger partial charge < -0.3 is 24.8 Å². The normalized spacial score (nSPS) is 11.8. The highest BCUT2D eigenvalue weighted by Gasteiger charge is 2.14. The number of carbonyl (C=O) groups is 1. The summed E-state index contributed by atoms with van der Waals surface area (Å²) in [6.07, 6.45) is 1.40. The maximum atomic E-state index is 12.5. The zero-order valence-electron chi connectivity index (χ0n) is 16.3. The van der Waals surface area contributed by atoms with Gasteiger partial charge in [-0.3, -0.25) is 4.79 Å². The number of anilines is 1. The van der Waals surface area contributed by atoms with Crippen LogP contribution >= 0.6 is 0 Å². The molecule has 146 valence electrons. The van der Waals surface area contributed by atoms with E-state index < -0.39 is 5.91 Å². The molecular weight excluding hydrogens is 358 g/mol. The van der Waals surface area contributed by atoms with Crippen molar-refractivity contribution < 1.29 is 19.0 Å². The maximum absolute atomic E-state index is 12.5. The summed E-state index contributed by atoms with van der Waals surface area (Å²) in [5, 5.41) is 15.1. The molecule has 28 heavy (non-hydrogen) atoms. The number of rotatable bonds is 8. The Hall–Kier alpha value is -3.66. The topological polar surface area (TPSA) is 92.6 Å². The number of amides is 1. The lowest BCUT2D eigenvalue weighted by atomic mass is 10.1. The van der Waals surface area contributed by atoms with Gasteiger partial charge in [-0.1, -0.05) is 12.1 Å². The third kappa shape index (κ3) is 5.17. The van der Waals surface area contributed by atoms with Crippen LogP contribution in [-0.2, 0) is 4.79 Å². The molecule has 0 radical (unpaired) electrons. The first-order valence-corrected chi connectivity index (χ1v) is 8.56. The number of nitrogens with one attached hydrogen (secondary N) is 2. The van der Waals surface area contributed by atoms with Crippen molar-refractivity contribution in [2.75, 3.05) is 26.6 Å². The molecule has 2 aromatic carbocycles. The van der Waals surface area contributed by atoms with Gasteiger partial charge in [-0.05, 0) is 36.8 Å². The number of nitrogens with zero attached hydrogens (tertiary/aromatic N) is 1. The third-order valence-corrected chi connectivity index (χ3v) is 4.11. The molecule has 2 N–H and O–H groups in total. The molecule has 0 saturated carbocycles. The number of ether oxygens (including phenoxy) is 3. The van der Waals surface area contributed by atoms with Crippen molar-refractivity contribution >= 4 is 11.6 Å². The molecule has 1 amide bonds. The standard InChI is InChI=1S/C21H23N3O4/c1-14(15-5-7-17(26-2)8-6-15)23-13-16(12-22)21(25)24-19-11-18(27-3)9-10-20(19)28-4/h5-11,13-14,23H,1-4H3,(H,24,25)/b16-13-. The molecule has 0 bridgehead atoms. The molecule has 1 atom stereocenters. The van der Waals surface area contributed by atoms with E-state index in [-0.39, 0.29) is 11.6 Å². The molecule has 1 unspecified atom stereocenters. The molecule has 0 aromatic heterocycles. The zero-order chi connectivity index (χ0) is 20.5. The first kappa shape index (κ1) is 20.6. The lowest BCUT2D eigenvalue weighted by molar-refractivity contribution is -0.112. The fraction of sp³-hybridized carbons (Fsp3) is 0.238. The summed E-state index contributed by atoms with van der Waals surface area (Å²) in [6.45, 7) is 1.93. The second kappa shape index (κ2) is 9.88. The molecule has 7 nitrogen and oxygen atoms in total. The van der Waals surface area contributed by atoms with Crippen LogP contribution in [-0.4, -0.2) is 27.2 Å². The number of benzene rings is 2. The number of methoxy groups -OCH3 is 3. The van der Waals surface area contributed by atoms with Gasteiger partial charge in [0.05, 0.1) is 27.0 Å². The van der Waals surface area contributed by atoms with Crippen LogP contribution in [0.2, 0.25) is 0 Å². The third-order valence-electron chi connectivity index (χ3n) is 4.11. The van der Waals surface area contributed by atoms with Crippen molar-refractivity contribution in [3.8, 4) is 23.3 Å². The Balaban J connectivity index is 2.11. The van der Waals surface area contributed by atoms with Gasteiger partial charge in [0.1, 0.15) is 28.9 Å². The fourth-order valence-electron chi connectivity index (χ4n) is 2.45. The van der Waals surface area contributed by atoms with Crippen LogP contribution in [0.15, 0.2) is 54.2 Å². The number of hydrogen-bond acceptors (Lipinski definition) is 6. The van der Waals surface area contributed by atoms with Crippen molar-refractivity contribution in [3.63, 3.8) is 0 Å². The number of carbonyl (C=O) groups excluding carboxylic acids is 1. The first-order valence-electron chi connectivity index (χ1n) is 8.56. The van der Waals surface area contributed by atoms with E-state index >= 15 is 0 Å². The van der Waals surface area contributed by atoms with E-state index in [4.69, 9.17) is 14.2 Å². The fourth-order valence-corrected chi connectivity index (χ4v) is 2.45. The van der Waals surface area contributed by atoms with Crippen LogP contribution in [0.3, 0.4) is 0 Å². The van der Waals surface area contributed by atoms with Gasteiger partial charge in [-0.25, -0.2) is 0 Å². The summed E-state index contributed by atoms with van der Waals surface area (Å²) in [5.74, 6) is 1.23. The largest absolute Gasteiger partial charge is 0.497 e. The van der Waals surface area contributed by atoms with Gasteiger partial charge in [0.15, 0.2) is 0 Å². The molecule has 0 aliphatic heterocycles. The van der Waals surface area contributed by atoms with Crippen molar-refractivity contribution in [2.24, 2.45) is 0 Å². The van der Waals surface area contributed by atoms with Crippen LogP contribution in [0.5, 0.6) is 17.2 Å². The van der Waals surface area contributed by atoms with Gasteiger partial charge in [0.2, 0.25) is 0 Å². The first-order chi connectivity index (χ1) is 13.5. The summed E-state index contributed by atoms with van der Waals surface area (Å²) in [7, 11) is 4.63. The highest BCUT2D eigenvalue weighted by molar-refractivity contribution is 6.07. The SMILES string of the molecule is COc1ccc(C(C)N/C=C(/C#N)C(=O)Nc2cc(OC)ccc2OC)cc1. The summed E-state index contributed by atoms with van der Waals surface area (Å²) >= 11 is 0. The molecule has 0 fully saturated rings. The average molecular weight is 381 g/mol. The highest BCUT2D eigenvalue weighted by atomic mass is 16.5. The summed E-state index contributed by atoms with van der Waals surface area (Å²) in [5.41, 5.74) is 1.34. The molecule has 0 saturated heterocycles. The van der Waals surface area contributed by atoms with E-state index in [2.05, 4.69) is 10.6 Å². The zero-order valence-corrected chi connectivity index (χ0v) is 16.3. The lowest BCUT2D eigenvalue weighted by Gasteiger charge is -2.14. The van der Waals surface area contributed by atoms with Crippen molar-refractivity contribution in [2.45, 2.75) is 13.0 Å². The lowest BCUT2D eigenvalue weighted by Crippen LogP contribution is -2.19. The molecule has 0 spiro atoms. The summed E-state index contributed by atoms with van der Waals surface area (Å²) in [4.78, 5) is 12.5. The number of nitriles is 1. The highest BCUT2D eigenvalue weighted by Crippen LogP contribution is 2.29. The smallest absolute Gasteiger partial charge is 0.267 e. The van der Waals surface area contributed by atoms with Crippen LogP contribution in [0, 0.1) is 11.3 Å². The second-order valence-electron chi connectivity index (χ2n) is 5.85. The average Bonchev–Trinajstić information content (AvgIpc) is 2.73. The van der Waals surface area contributed by atoms with Crippen LogP contribution in [0.4, 0.5) is 5.69 Å². The minimum absolute atomic E-state index is 0.0646. The molecule has 0 heterocycles. The molecule has 7 heteroatoms. The van der Waals surface area contributed by atoms with E-state index in [0.29, 0.717) is 17.2 Å². The number of hydrogen-bond donors (Lipinski definition) is 2. The minimum Gasteiger partial charge on any atom is -0.497 e. The van der Waals surface area contributed by atoms with E-state index in [0.717, 1.165) is 11.3 Å². The predicted octanol–water partition coefficient (Wildman–Crippen LogP) is 3.41. The Morgan fingerprint density at radius 3 is 2.25 bits per heavy atom. The van der Waals surface area contributed by atoms with E-state index in [1.54, 1.807) is 25.3 Å². The Morgan fingerprint density at radius 1 is 1.04 bits per heavy atom. The summed E-state index contributed by atoms with van der Waals surface area (Å²) < 4.78 is 15.5. The minimum atomic E-state index is -0.552. The van der Waals surface area contributed by atoms with Crippen molar-refractivity contribution in [1.82, 2.24) is 5.32 Å². The van der Waals surface area contributed by atoms with Gasteiger partial charge >= 0.3 is 0 Å². The molecule has 2 rings (SSSR count). The Morgan fingerprint density at radius 2 is 1.68 bits per heavy atom. The molecule has 2 aromatic rings. The Bertz CT molecular complexity index is 886. The monoisotopic (exact) mass is 381 g/mol. The van der Waals surface area contributed by atoms with Gasteiger partial charge in [0, 0.05) is 18.3 Å². The molecular formula is C21H23N3O4. The Kier molecular flexibility index (Phi) is 7.28. The van der Waals surface area contributed by atoms with Gasteiger partial charge in [-0.15, -0.1) is 0 Å². The predicted molar refractivity (Wildman–Crippen MR) is 106 cm³/mol. The molecule has 0 aliphatic carbocycles. The Labute approximate surface area is 164 Å². The van der Waals surface area contributed by atoms with Crippen LogP contribution in [0.1, 0.15) is 18.5 Å². The second-order valence-corrected chi connectivity index (χ2v) is 5.85. The van der Waals surface area contributed by atoms with E-state index in [9.17, 15) is 10.1 Å². The van der Waals surface area contributed by atoms with Gasteiger partial charge in [-0.2, -0.15) is 5.26 Å². The van der Waals surface area contributed by atoms with Crippen molar-refractivity contribution in [1.29, 1.82) is 5.26 Å². The van der Waals surface area contributed by atoms with Crippen LogP contribution in [0.25, 0.3) is 0 Å². The van der Waals surface area contributed by atoms with Crippen molar-refractivity contribution in [3.05, 3.63) is 59.8 Å². The quantitative estimate of drug-likeness (QED) is 0.538. The van der Waals surface area contributed by atoms with Crippen LogP contribution < -0.4 is 24.8 Å².